The van der Waals surface area contributed by atoms with Crippen molar-refractivity contribution in [1.29, 1.82) is 0 Å². The molecule has 0 saturated heterocycles. The molecule has 0 saturated carbocycles. The molecule has 5 heteroatoms. The van der Waals surface area contributed by atoms with Gasteiger partial charge >= 0.3 is 0 Å². The first-order valence-corrected chi connectivity index (χ1v) is 6.82. The Kier molecular flexibility index (Phi) is 3.78. The summed E-state index contributed by atoms with van der Waals surface area (Å²) in [4.78, 5) is 11.4. The monoisotopic (exact) mass is 250 g/mol. The van der Waals surface area contributed by atoms with Crippen LogP contribution < -0.4 is 10.6 Å². The molecule has 2 aromatic rings. The van der Waals surface area contributed by atoms with E-state index in [1.54, 1.807) is 11.3 Å². The molecule has 2 aromatic heterocycles. The highest BCUT2D eigenvalue weighted by molar-refractivity contribution is 7.18. The lowest BCUT2D eigenvalue weighted by molar-refractivity contribution is 0.957. The van der Waals surface area contributed by atoms with E-state index >= 15 is 0 Å². The van der Waals surface area contributed by atoms with Crippen molar-refractivity contribution in [2.45, 2.75) is 27.2 Å². The molecule has 0 aliphatic carbocycles. The van der Waals surface area contributed by atoms with Gasteiger partial charge in [0.05, 0.1) is 5.39 Å². The van der Waals surface area contributed by atoms with Gasteiger partial charge in [0.25, 0.3) is 0 Å². The van der Waals surface area contributed by atoms with Crippen LogP contribution in [0.15, 0.2) is 6.07 Å². The molecule has 0 aromatic carbocycles. The van der Waals surface area contributed by atoms with E-state index in [1.165, 1.54) is 4.88 Å². The predicted octanol–water partition coefficient (Wildman–Crippen LogP) is 3.25. The summed E-state index contributed by atoms with van der Waals surface area (Å²) in [5.74, 6) is 1.65. The van der Waals surface area contributed by atoms with E-state index in [-0.39, 0.29) is 0 Å². The maximum Gasteiger partial charge on any atom is 0.226 e. The molecule has 2 heterocycles. The number of nitrogens with one attached hydrogen (secondary N) is 2. The number of anilines is 2. The van der Waals surface area contributed by atoms with Crippen molar-refractivity contribution in [2.75, 3.05) is 23.7 Å². The van der Waals surface area contributed by atoms with Gasteiger partial charge in [-0.1, -0.05) is 6.92 Å². The highest BCUT2D eigenvalue weighted by Gasteiger charge is 2.09. The van der Waals surface area contributed by atoms with Crippen LogP contribution in [0.1, 0.15) is 25.1 Å². The standard InChI is InChI=1S/C12H18N4S/c1-4-6-14-12-15-10(13-5-2)9-7-8(3)17-11(9)16-12/h7H,4-6H2,1-3H3,(H2,13,14,15,16). The Morgan fingerprint density at radius 1 is 1.24 bits per heavy atom. The van der Waals surface area contributed by atoms with Crippen LogP contribution in [0, 0.1) is 6.92 Å². The number of aryl methyl sites for hydroxylation is 1. The first kappa shape index (κ1) is 12.1. The lowest BCUT2D eigenvalue weighted by Gasteiger charge is -2.07. The summed E-state index contributed by atoms with van der Waals surface area (Å²) in [6.07, 6.45) is 1.07. The maximum absolute atomic E-state index is 4.53. The molecule has 92 valence electrons. The van der Waals surface area contributed by atoms with E-state index in [0.717, 1.165) is 41.5 Å². The van der Waals surface area contributed by atoms with Crippen LogP contribution in [0.2, 0.25) is 0 Å². The Bertz CT molecular complexity index is 506. The molecule has 4 nitrogen and oxygen atoms in total. The molecule has 0 fully saturated rings. The van der Waals surface area contributed by atoms with Gasteiger partial charge in [0.2, 0.25) is 5.95 Å². The van der Waals surface area contributed by atoms with Crippen LogP contribution in [0.4, 0.5) is 11.8 Å². The van der Waals surface area contributed by atoms with Gasteiger partial charge in [0.15, 0.2) is 0 Å². The van der Waals surface area contributed by atoms with E-state index in [0.29, 0.717) is 0 Å². The van der Waals surface area contributed by atoms with Crippen LogP contribution in [-0.4, -0.2) is 23.1 Å². The van der Waals surface area contributed by atoms with E-state index in [2.05, 4.69) is 47.4 Å². The molecule has 0 aliphatic rings. The third-order valence-corrected chi connectivity index (χ3v) is 3.34. The Balaban J connectivity index is 2.42. The number of rotatable bonds is 5. The SMILES string of the molecule is CCCNc1nc(NCC)c2cc(C)sc2n1. The topological polar surface area (TPSA) is 49.8 Å². The molecule has 0 unspecified atom stereocenters. The minimum atomic E-state index is 0.720. The number of fused-ring (bicyclic) bond motifs is 1. The number of aromatic nitrogens is 2. The normalized spacial score (nSPS) is 10.8. The van der Waals surface area contributed by atoms with Crippen LogP contribution in [0.5, 0.6) is 0 Å². The van der Waals surface area contributed by atoms with E-state index < -0.39 is 0 Å². The Morgan fingerprint density at radius 3 is 2.76 bits per heavy atom. The average Bonchev–Trinajstić information content (AvgIpc) is 2.67. The zero-order valence-electron chi connectivity index (χ0n) is 10.5. The van der Waals surface area contributed by atoms with Crippen molar-refractivity contribution in [3.8, 4) is 0 Å². The van der Waals surface area contributed by atoms with Gasteiger partial charge in [-0.3, -0.25) is 0 Å². The summed E-state index contributed by atoms with van der Waals surface area (Å²) in [5.41, 5.74) is 0. The molecule has 0 bridgehead atoms. The first-order chi connectivity index (χ1) is 8.24. The largest absolute Gasteiger partial charge is 0.370 e. The van der Waals surface area contributed by atoms with Crippen molar-refractivity contribution in [3.05, 3.63) is 10.9 Å². The summed E-state index contributed by atoms with van der Waals surface area (Å²) in [6, 6.07) is 2.14. The second kappa shape index (κ2) is 5.31. The predicted molar refractivity (Wildman–Crippen MR) is 75.1 cm³/mol. The zero-order valence-corrected chi connectivity index (χ0v) is 11.3. The molecule has 2 rings (SSSR count). The minimum Gasteiger partial charge on any atom is -0.370 e. The highest BCUT2D eigenvalue weighted by atomic mass is 32.1. The molecular weight excluding hydrogens is 232 g/mol. The third kappa shape index (κ3) is 2.66. The Morgan fingerprint density at radius 2 is 2.06 bits per heavy atom. The molecule has 0 amide bonds. The van der Waals surface area contributed by atoms with E-state index in [1.807, 2.05) is 0 Å². The molecule has 0 atom stereocenters. The Labute approximate surface area is 105 Å². The van der Waals surface area contributed by atoms with Crippen molar-refractivity contribution in [1.82, 2.24) is 9.97 Å². The molecular formula is C12H18N4S. The van der Waals surface area contributed by atoms with E-state index in [9.17, 15) is 0 Å². The van der Waals surface area contributed by atoms with Crippen molar-refractivity contribution >= 4 is 33.3 Å². The summed E-state index contributed by atoms with van der Waals surface area (Å²) in [6.45, 7) is 8.08. The van der Waals surface area contributed by atoms with Crippen molar-refractivity contribution in [3.63, 3.8) is 0 Å². The van der Waals surface area contributed by atoms with Gasteiger partial charge in [0.1, 0.15) is 10.6 Å². The summed E-state index contributed by atoms with van der Waals surface area (Å²) < 4.78 is 0. The number of hydrogen-bond acceptors (Lipinski definition) is 5. The number of thiophene rings is 1. The lowest BCUT2D eigenvalue weighted by atomic mass is 10.3. The van der Waals surface area contributed by atoms with Gasteiger partial charge in [-0.05, 0) is 26.3 Å². The molecule has 0 radical (unpaired) electrons. The second-order valence-electron chi connectivity index (χ2n) is 3.93. The van der Waals surface area contributed by atoms with Crippen LogP contribution >= 0.6 is 11.3 Å². The fourth-order valence-electron chi connectivity index (χ4n) is 1.66. The molecule has 0 aliphatic heterocycles. The number of hydrogen-bond donors (Lipinski definition) is 2. The fourth-order valence-corrected chi connectivity index (χ4v) is 2.54. The minimum absolute atomic E-state index is 0.720. The van der Waals surface area contributed by atoms with Crippen molar-refractivity contribution in [2.24, 2.45) is 0 Å². The average molecular weight is 250 g/mol. The van der Waals surface area contributed by atoms with Crippen LogP contribution in [-0.2, 0) is 0 Å². The quantitative estimate of drug-likeness (QED) is 0.855. The van der Waals surface area contributed by atoms with Gasteiger partial charge in [-0.15, -0.1) is 11.3 Å². The van der Waals surface area contributed by atoms with Gasteiger partial charge in [-0.25, -0.2) is 4.98 Å². The van der Waals surface area contributed by atoms with E-state index in [4.69, 9.17) is 0 Å². The smallest absolute Gasteiger partial charge is 0.226 e. The second-order valence-corrected chi connectivity index (χ2v) is 5.16. The highest BCUT2D eigenvalue weighted by Crippen LogP contribution is 2.29. The maximum atomic E-state index is 4.53. The Hall–Kier alpha value is -1.36. The zero-order chi connectivity index (χ0) is 12.3. The summed E-state index contributed by atoms with van der Waals surface area (Å²) in [5, 5.41) is 7.66. The lowest BCUT2D eigenvalue weighted by Crippen LogP contribution is -2.07. The molecule has 2 N–H and O–H groups in total. The van der Waals surface area contributed by atoms with Gasteiger partial charge < -0.3 is 10.6 Å². The summed E-state index contributed by atoms with van der Waals surface area (Å²) in [7, 11) is 0. The molecule has 17 heavy (non-hydrogen) atoms. The molecule has 0 spiro atoms. The van der Waals surface area contributed by atoms with Gasteiger partial charge in [-0.2, -0.15) is 4.98 Å². The number of nitrogens with zero attached hydrogens (tertiary/aromatic N) is 2. The summed E-state index contributed by atoms with van der Waals surface area (Å²) >= 11 is 1.71. The van der Waals surface area contributed by atoms with Crippen LogP contribution in [0.3, 0.4) is 0 Å². The fraction of sp³-hybridized carbons (Fsp3) is 0.500. The first-order valence-electron chi connectivity index (χ1n) is 6.00. The van der Waals surface area contributed by atoms with Crippen molar-refractivity contribution < 1.29 is 0 Å². The van der Waals surface area contributed by atoms with Gasteiger partial charge in [0, 0.05) is 18.0 Å². The third-order valence-electron chi connectivity index (χ3n) is 2.39. The van der Waals surface area contributed by atoms with Crippen LogP contribution in [0.25, 0.3) is 10.2 Å².